The van der Waals surface area contributed by atoms with Crippen LogP contribution < -0.4 is 0 Å². The molecule has 0 saturated carbocycles. The van der Waals surface area contributed by atoms with Gasteiger partial charge in [0.15, 0.2) is 0 Å². The van der Waals surface area contributed by atoms with Gasteiger partial charge in [0.05, 0.1) is 22.8 Å². The van der Waals surface area contributed by atoms with Crippen molar-refractivity contribution in [2.45, 2.75) is 0 Å². The van der Waals surface area contributed by atoms with Gasteiger partial charge in [0.2, 0.25) is 0 Å². The van der Waals surface area contributed by atoms with Crippen LogP contribution in [0.1, 0.15) is 0 Å². The van der Waals surface area contributed by atoms with E-state index in [-0.39, 0.29) is 0 Å². The van der Waals surface area contributed by atoms with Crippen LogP contribution in [0.4, 0.5) is 0 Å². The summed E-state index contributed by atoms with van der Waals surface area (Å²) < 4.78 is 2.12. The second-order valence-electron chi connectivity index (χ2n) is 7.29. The summed E-state index contributed by atoms with van der Waals surface area (Å²) in [4.78, 5) is 14.1. The van der Waals surface area contributed by atoms with Crippen LogP contribution in [0.3, 0.4) is 0 Å². The summed E-state index contributed by atoms with van der Waals surface area (Å²) in [6.07, 6.45) is 3.77. The molecule has 3 heterocycles. The van der Waals surface area contributed by atoms with E-state index in [1.165, 1.54) is 0 Å². The molecule has 0 bridgehead atoms. The molecule has 2 aromatic carbocycles. The van der Waals surface area contributed by atoms with Gasteiger partial charge in [-0.2, -0.15) is 0 Å². The Bertz CT molecular complexity index is 1240. The molecule has 0 amide bonds. The molecule has 32 heavy (non-hydrogen) atoms. The van der Waals surface area contributed by atoms with E-state index in [1.807, 2.05) is 67.0 Å². The minimum Gasteiger partial charge on any atom is -0.254 e. The van der Waals surface area contributed by atoms with Crippen LogP contribution in [0, 0.1) is 0 Å². The molecule has 0 atom stereocenters. The van der Waals surface area contributed by atoms with Crippen molar-refractivity contribution in [1.29, 1.82) is 0 Å². The maximum Gasteiger partial charge on any atom is 0.0894 e. The molecule has 0 unspecified atom stereocenters. The van der Waals surface area contributed by atoms with E-state index in [4.69, 9.17) is 4.98 Å². The SMILES string of the molecule is Brc1ccc(-c2ccc(-c3cccc(-c4ccc(-c5ccc(Br)cc5)cn4)n3)nc2)cc1. The van der Waals surface area contributed by atoms with E-state index >= 15 is 0 Å². The Morgan fingerprint density at radius 3 is 1.19 bits per heavy atom. The molecule has 0 aliphatic carbocycles. The third-order valence-electron chi connectivity index (χ3n) is 5.16. The highest BCUT2D eigenvalue weighted by molar-refractivity contribution is 9.10. The summed E-state index contributed by atoms with van der Waals surface area (Å²) in [5, 5.41) is 0. The molecule has 3 nitrogen and oxygen atoms in total. The number of halogens is 2. The van der Waals surface area contributed by atoms with Crippen molar-refractivity contribution < 1.29 is 0 Å². The number of pyridine rings is 3. The molecule has 0 aliphatic rings. The Morgan fingerprint density at radius 2 is 0.812 bits per heavy atom. The molecular formula is C27H17Br2N3. The Labute approximate surface area is 203 Å². The Kier molecular flexibility index (Phi) is 5.93. The lowest BCUT2D eigenvalue weighted by atomic mass is 10.1. The van der Waals surface area contributed by atoms with Crippen LogP contribution in [-0.2, 0) is 0 Å². The van der Waals surface area contributed by atoms with Gasteiger partial charge in [-0.15, -0.1) is 0 Å². The number of nitrogens with zero attached hydrogens (tertiary/aromatic N) is 3. The van der Waals surface area contributed by atoms with Crippen molar-refractivity contribution in [1.82, 2.24) is 15.0 Å². The van der Waals surface area contributed by atoms with Gasteiger partial charge in [-0.3, -0.25) is 9.97 Å². The van der Waals surface area contributed by atoms with Gasteiger partial charge in [-0.05, 0) is 59.7 Å². The molecule has 0 aliphatic heterocycles. The van der Waals surface area contributed by atoms with Gasteiger partial charge in [-0.1, -0.05) is 74.3 Å². The first-order valence-corrected chi connectivity index (χ1v) is 11.7. The minimum atomic E-state index is 0.823. The summed E-state index contributed by atoms with van der Waals surface area (Å²) in [7, 11) is 0. The van der Waals surface area contributed by atoms with Crippen LogP contribution in [0.25, 0.3) is 45.0 Å². The Balaban J connectivity index is 1.39. The highest BCUT2D eigenvalue weighted by Gasteiger charge is 2.07. The second-order valence-corrected chi connectivity index (χ2v) is 9.12. The highest BCUT2D eigenvalue weighted by Crippen LogP contribution is 2.26. The molecule has 0 spiro atoms. The predicted octanol–water partition coefficient (Wildman–Crippen LogP) is 8.06. The quantitative estimate of drug-likeness (QED) is 0.230. The largest absolute Gasteiger partial charge is 0.254 e. The molecule has 154 valence electrons. The number of hydrogen-bond donors (Lipinski definition) is 0. The van der Waals surface area contributed by atoms with E-state index in [2.05, 4.69) is 78.2 Å². The minimum absolute atomic E-state index is 0.823. The zero-order chi connectivity index (χ0) is 21.9. The molecule has 5 aromatic rings. The summed E-state index contributed by atoms with van der Waals surface area (Å²) in [5.41, 5.74) is 7.71. The fourth-order valence-corrected chi connectivity index (χ4v) is 3.97. The van der Waals surface area contributed by atoms with Gasteiger partial charge in [-0.25, -0.2) is 4.98 Å². The van der Waals surface area contributed by atoms with E-state index in [1.54, 1.807) is 0 Å². The van der Waals surface area contributed by atoms with Gasteiger partial charge in [0.25, 0.3) is 0 Å². The molecule has 0 saturated heterocycles. The summed E-state index contributed by atoms with van der Waals surface area (Å²) in [6.45, 7) is 0. The van der Waals surface area contributed by atoms with Crippen molar-refractivity contribution in [3.63, 3.8) is 0 Å². The third-order valence-corrected chi connectivity index (χ3v) is 6.21. The lowest BCUT2D eigenvalue weighted by Crippen LogP contribution is -1.92. The van der Waals surface area contributed by atoms with Crippen molar-refractivity contribution >= 4 is 31.9 Å². The standard InChI is InChI=1S/C27H17Br2N3/c28-22-10-4-18(5-11-22)20-8-14-24(30-16-20)26-2-1-3-27(32-26)25-15-9-21(17-31-25)19-6-12-23(29)13-7-19/h1-17H. The Hall–Kier alpha value is -3.15. The van der Waals surface area contributed by atoms with E-state index in [0.717, 1.165) is 54.0 Å². The smallest absolute Gasteiger partial charge is 0.0894 e. The van der Waals surface area contributed by atoms with Crippen LogP contribution in [0.15, 0.2) is 112 Å². The molecule has 0 radical (unpaired) electrons. The van der Waals surface area contributed by atoms with E-state index < -0.39 is 0 Å². The fourth-order valence-electron chi connectivity index (χ4n) is 3.44. The van der Waals surface area contributed by atoms with Gasteiger partial charge in [0.1, 0.15) is 0 Å². The number of hydrogen-bond acceptors (Lipinski definition) is 3. The van der Waals surface area contributed by atoms with Gasteiger partial charge in [0, 0.05) is 32.5 Å². The molecule has 0 N–H and O–H groups in total. The highest BCUT2D eigenvalue weighted by atomic mass is 79.9. The second kappa shape index (κ2) is 9.15. The Morgan fingerprint density at radius 1 is 0.406 bits per heavy atom. The number of benzene rings is 2. The average molecular weight is 543 g/mol. The zero-order valence-electron chi connectivity index (χ0n) is 16.9. The van der Waals surface area contributed by atoms with Crippen molar-refractivity contribution in [2.24, 2.45) is 0 Å². The van der Waals surface area contributed by atoms with Crippen molar-refractivity contribution in [3.05, 3.63) is 112 Å². The maximum atomic E-state index is 4.80. The van der Waals surface area contributed by atoms with Crippen LogP contribution >= 0.6 is 31.9 Å². The van der Waals surface area contributed by atoms with Crippen LogP contribution in [0.2, 0.25) is 0 Å². The lowest BCUT2D eigenvalue weighted by molar-refractivity contribution is 1.22. The van der Waals surface area contributed by atoms with Gasteiger partial charge >= 0.3 is 0 Å². The predicted molar refractivity (Wildman–Crippen MR) is 137 cm³/mol. The topological polar surface area (TPSA) is 38.7 Å². The lowest BCUT2D eigenvalue weighted by Gasteiger charge is -2.07. The molecule has 3 aromatic heterocycles. The van der Waals surface area contributed by atoms with E-state index in [9.17, 15) is 0 Å². The normalized spacial score (nSPS) is 10.8. The first-order valence-electron chi connectivity index (χ1n) is 10.1. The van der Waals surface area contributed by atoms with E-state index in [0.29, 0.717) is 0 Å². The van der Waals surface area contributed by atoms with Gasteiger partial charge < -0.3 is 0 Å². The molecule has 0 fully saturated rings. The maximum absolute atomic E-state index is 4.80. The van der Waals surface area contributed by atoms with Crippen molar-refractivity contribution in [2.75, 3.05) is 0 Å². The number of aromatic nitrogens is 3. The summed E-state index contributed by atoms with van der Waals surface area (Å²) in [6, 6.07) is 30.5. The molecule has 5 rings (SSSR count). The van der Waals surface area contributed by atoms with Crippen LogP contribution in [-0.4, -0.2) is 15.0 Å². The van der Waals surface area contributed by atoms with Crippen molar-refractivity contribution in [3.8, 4) is 45.0 Å². The molecular weight excluding hydrogens is 526 g/mol. The van der Waals surface area contributed by atoms with Crippen LogP contribution in [0.5, 0.6) is 0 Å². The first kappa shape index (κ1) is 20.7. The average Bonchev–Trinajstić information content (AvgIpc) is 2.85. The summed E-state index contributed by atoms with van der Waals surface area (Å²) in [5.74, 6) is 0. The monoisotopic (exact) mass is 541 g/mol. The summed E-state index contributed by atoms with van der Waals surface area (Å²) >= 11 is 6.95. The number of rotatable bonds is 4. The fraction of sp³-hybridized carbons (Fsp3) is 0. The first-order chi connectivity index (χ1) is 15.7. The zero-order valence-corrected chi connectivity index (χ0v) is 20.1. The molecule has 5 heteroatoms. The third kappa shape index (κ3) is 4.54.